The molecule has 8 nitrogen and oxygen atoms in total. The van der Waals surface area contributed by atoms with Crippen LogP contribution in [-0.4, -0.2) is 62.1 Å². The van der Waals surface area contributed by atoms with Crippen molar-refractivity contribution >= 4 is 17.7 Å². The van der Waals surface area contributed by atoms with Crippen molar-refractivity contribution in [3.05, 3.63) is 107 Å². The van der Waals surface area contributed by atoms with Crippen molar-refractivity contribution in [3.63, 3.8) is 0 Å². The van der Waals surface area contributed by atoms with Crippen LogP contribution >= 0.6 is 0 Å². The number of aryl methyl sites for hydroxylation is 2. The van der Waals surface area contributed by atoms with Gasteiger partial charge in [0.25, 0.3) is 0 Å². The van der Waals surface area contributed by atoms with Crippen LogP contribution in [0.15, 0.2) is 78.9 Å². The van der Waals surface area contributed by atoms with E-state index < -0.39 is 0 Å². The highest BCUT2D eigenvalue weighted by Gasteiger charge is 2.32. The first-order valence-corrected chi connectivity index (χ1v) is 13.4. The number of benzene rings is 3. The van der Waals surface area contributed by atoms with Gasteiger partial charge in [0.1, 0.15) is 0 Å². The fourth-order valence-corrected chi connectivity index (χ4v) is 5.21. The highest BCUT2D eigenvalue weighted by Crippen LogP contribution is 2.29. The lowest BCUT2D eigenvalue weighted by Gasteiger charge is -2.40. The van der Waals surface area contributed by atoms with Gasteiger partial charge in [-0.15, -0.1) is 5.10 Å². The number of carbonyl (C=O) groups is 1. The summed E-state index contributed by atoms with van der Waals surface area (Å²) in [4.78, 5) is 16.3. The molecule has 1 unspecified atom stereocenters. The number of aromatic nitrogens is 4. The molecule has 1 N–H and O–H groups in total. The first-order valence-electron chi connectivity index (χ1n) is 13.4. The number of hydrogen-bond acceptors (Lipinski definition) is 6. The number of para-hydroxylation sites is 1. The van der Waals surface area contributed by atoms with Gasteiger partial charge in [0.2, 0.25) is 5.91 Å². The van der Waals surface area contributed by atoms with E-state index in [0.717, 1.165) is 61.0 Å². The second-order valence-corrected chi connectivity index (χ2v) is 10.1. The summed E-state index contributed by atoms with van der Waals surface area (Å²) in [6, 6.07) is 24.7. The quantitative estimate of drug-likeness (QED) is 0.359. The lowest BCUT2D eigenvalue weighted by molar-refractivity contribution is -0.114. The zero-order valence-electron chi connectivity index (χ0n) is 22.8. The monoisotopic (exact) mass is 521 g/mol. The molecule has 0 aliphatic carbocycles. The number of carbonyl (C=O) groups excluding carboxylic acids is 1. The normalized spacial score (nSPS) is 16.5. The second-order valence-electron chi connectivity index (χ2n) is 10.1. The van der Waals surface area contributed by atoms with Gasteiger partial charge in [-0.05, 0) is 58.7 Å². The van der Waals surface area contributed by atoms with E-state index in [0.29, 0.717) is 0 Å². The number of anilines is 1. The van der Waals surface area contributed by atoms with E-state index in [1.807, 2.05) is 22.9 Å². The van der Waals surface area contributed by atoms with Crippen LogP contribution in [-0.2, 0) is 11.3 Å². The summed E-state index contributed by atoms with van der Waals surface area (Å²) in [6.45, 7) is 9.99. The van der Waals surface area contributed by atoms with E-state index in [4.69, 9.17) is 0 Å². The highest BCUT2D eigenvalue weighted by molar-refractivity contribution is 5.88. The van der Waals surface area contributed by atoms with Crippen molar-refractivity contribution in [2.45, 2.75) is 33.4 Å². The van der Waals surface area contributed by atoms with Gasteiger partial charge in [-0.25, -0.2) is 0 Å². The van der Waals surface area contributed by atoms with E-state index in [1.54, 1.807) is 0 Å². The van der Waals surface area contributed by atoms with Crippen LogP contribution in [0.5, 0.6) is 0 Å². The SMILES string of the molecule is CC(=O)Nc1ccc(CN2CCN(CC=Cc3ccccc3)CC2c2nnnn2-c2c(C)cccc2C)cc1. The van der Waals surface area contributed by atoms with E-state index >= 15 is 0 Å². The molecule has 5 rings (SSSR count). The average molecular weight is 522 g/mol. The Kier molecular flexibility index (Phi) is 8.24. The Hall–Kier alpha value is -4.14. The molecule has 1 aliphatic heterocycles. The van der Waals surface area contributed by atoms with Gasteiger partial charge >= 0.3 is 0 Å². The lowest BCUT2D eigenvalue weighted by atomic mass is 10.1. The second kappa shape index (κ2) is 12.1. The number of nitrogens with one attached hydrogen (secondary N) is 1. The molecule has 1 aliphatic rings. The Morgan fingerprint density at radius 3 is 2.44 bits per heavy atom. The molecule has 39 heavy (non-hydrogen) atoms. The van der Waals surface area contributed by atoms with Crippen molar-refractivity contribution in [1.29, 1.82) is 0 Å². The molecule has 1 aromatic heterocycles. The summed E-state index contributed by atoms with van der Waals surface area (Å²) >= 11 is 0. The van der Waals surface area contributed by atoms with E-state index in [9.17, 15) is 4.79 Å². The third-order valence-electron chi connectivity index (χ3n) is 7.15. The number of amides is 1. The van der Waals surface area contributed by atoms with Crippen LogP contribution in [0.3, 0.4) is 0 Å². The molecule has 1 fully saturated rings. The molecule has 2 heterocycles. The van der Waals surface area contributed by atoms with E-state index in [1.165, 1.54) is 18.1 Å². The molecule has 200 valence electrons. The number of hydrogen-bond donors (Lipinski definition) is 1. The molecule has 0 bridgehead atoms. The van der Waals surface area contributed by atoms with Crippen molar-refractivity contribution < 1.29 is 4.79 Å². The fraction of sp³-hybridized carbons (Fsp3) is 0.290. The number of rotatable bonds is 8. The van der Waals surface area contributed by atoms with Crippen LogP contribution in [0.1, 0.15) is 41.0 Å². The van der Waals surface area contributed by atoms with E-state index in [-0.39, 0.29) is 11.9 Å². The molecular weight excluding hydrogens is 486 g/mol. The van der Waals surface area contributed by atoms with Gasteiger partial charge in [-0.2, -0.15) is 4.68 Å². The molecule has 4 aromatic rings. The molecule has 0 saturated carbocycles. The molecule has 0 radical (unpaired) electrons. The Labute approximate surface area is 230 Å². The summed E-state index contributed by atoms with van der Waals surface area (Å²) in [5.41, 5.74) is 6.51. The molecule has 1 amide bonds. The van der Waals surface area contributed by atoms with Gasteiger partial charge in [0.15, 0.2) is 5.82 Å². The maximum atomic E-state index is 11.4. The summed E-state index contributed by atoms with van der Waals surface area (Å²) in [5.74, 6) is 0.776. The predicted octanol–water partition coefficient (Wildman–Crippen LogP) is 4.81. The van der Waals surface area contributed by atoms with Crippen molar-refractivity contribution in [1.82, 2.24) is 30.0 Å². The maximum Gasteiger partial charge on any atom is 0.221 e. The van der Waals surface area contributed by atoms with Crippen molar-refractivity contribution in [3.8, 4) is 5.69 Å². The number of tetrazole rings is 1. The van der Waals surface area contributed by atoms with E-state index in [2.05, 4.69) is 111 Å². The predicted molar refractivity (Wildman–Crippen MR) is 154 cm³/mol. The summed E-state index contributed by atoms with van der Waals surface area (Å²) in [7, 11) is 0. The Bertz CT molecular complexity index is 1410. The Morgan fingerprint density at radius 2 is 1.72 bits per heavy atom. The Balaban J connectivity index is 1.40. The zero-order valence-corrected chi connectivity index (χ0v) is 22.8. The summed E-state index contributed by atoms with van der Waals surface area (Å²) in [5, 5.41) is 16.0. The van der Waals surface area contributed by atoms with Gasteiger partial charge in [0.05, 0.1) is 11.7 Å². The van der Waals surface area contributed by atoms with Gasteiger partial charge in [0, 0.05) is 45.3 Å². The first-order chi connectivity index (χ1) is 19.0. The summed E-state index contributed by atoms with van der Waals surface area (Å²) < 4.78 is 1.92. The molecule has 1 saturated heterocycles. The lowest BCUT2D eigenvalue weighted by Crippen LogP contribution is -2.48. The smallest absolute Gasteiger partial charge is 0.221 e. The van der Waals surface area contributed by atoms with Gasteiger partial charge < -0.3 is 5.32 Å². The maximum absolute atomic E-state index is 11.4. The van der Waals surface area contributed by atoms with Crippen molar-refractivity contribution in [2.24, 2.45) is 0 Å². The molecule has 0 spiro atoms. The standard InChI is InChI=1S/C31H35N7O/c1-23-9-7-10-24(2)30(23)38-31(33-34-35-38)29-22-36(18-8-13-26-11-5-4-6-12-26)19-20-37(29)21-27-14-16-28(17-15-27)32-25(3)39/h4-17,29H,18-22H2,1-3H3,(H,32,39). The van der Waals surface area contributed by atoms with Crippen molar-refractivity contribution in [2.75, 3.05) is 31.5 Å². The topological polar surface area (TPSA) is 79.2 Å². The van der Waals surface area contributed by atoms with Crippen LogP contribution in [0.25, 0.3) is 11.8 Å². The Morgan fingerprint density at radius 1 is 0.974 bits per heavy atom. The van der Waals surface area contributed by atoms with Gasteiger partial charge in [-0.1, -0.05) is 72.8 Å². The van der Waals surface area contributed by atoms with Crippen LogP contribution < -0.4 is 5.32 Å². The third kappa shape index (κ3) is 6.47. The third-order valence-corrected chi connectivity index (χ3v) is 7.15. The summed E-state index contributed by atoms with van der Waals surface area (Å²) in [6.07, 6.45) is 4.41. The number of nitrogens with zero attached hydrogens (tertiary/aromatic N) is 6. The molecule has 1 atom stereocenters. The fourth-order valence-electron chi connectivity index (χ4n) is 5.21. The molecular formula is C31H35N7O. The molecule has 3 aromatic carbocycles. The van der Waals surface area contributed by atoms with Crippen LogP contribution in [0.2, 0.25) is 0 Å². The largest absolute Gasteiger partial charge is 0.326 e. The highest BCUT2D eigenvalue weighted by atomic mass is 16.1. The molecule has 8 heteroatoms. The minimum atomic E-state index is -0.0708. The number of piperazine rings is 1. The first kappa shape index (κ1) is 26.5. The average Bonchev–Trinajstić information content (AvgIpc) is 3.40. The minimum Gasteiger partial charge on any atom is -0.326 e. The van der Waals surface area contributed by atoms with Gasteiger partial charge in [-0.3, -0.25) is 14.6 Å². The van der Waals surface area contributed by atoms with Crippen LogP contribution in [0, 0.1) is 13.8 Å². The minimum absolute atomic E-state index is 0.00732. The van der Waals surface area contributed by atoms with Crippen LogP contribution in [0.4, 0.5) is 5.69 Å². The zero-order chi connectivity index (χ0) is 27.2.